The Morgan fingerprint density at radius 1 is 1.03 bits per heavy atom. The molecule has 0 fully saturated rings. The van der Waals surface area contributed by atoms with Crippen LogP contribution in [-0.4, -0.2) is 53.7 Å². The van der Waals surface area contributed by atoms with Crippen molar-refractivity contribution in [1.29, 1.82) is 0 Å². The first kappa shape index (κ1) is 26.5. The van der Waals surface area contributed by atoms with Gasteiger partial charge in [0.05, 0.1) is 23.8 Å². The third-order valence-electron chi connectivity index (χ3n) is 6.35. The molecule has 198 valence electrons. The number of aromatic hydroxyl groups is 1. The van der Waals surface area contributed by atoms with Crippen LogP contribution in [0.4, 0.5) is 5.69 Å². The average Bonchev–Trinajstić information content (AvgIpc) is 3.42. The predicted octanol–water partition coefficient (Wildman–Crippen LogP) is 4.17. The van der Waals surface area contributed by atoms with Gasteiger partial charge in [-0.15, -0.1) is 0 Å². The van der Waals surface area contributed by atoms with E-state index in [1.165, 1.54) is 4.90 Å². The minimum Gasteiger partial charge on any atom is -0.505 e. The predicted molar refractivity (Wildman–Crippen MR) is 147 cm³/mol. The number of hydrogen-bond donors (Lipinski definition) is 3. The van der Waals surface area contributed by atoms with E-state index in [4.69, 9.17) is 4.42 Å². The van der Waals surface area contributed by atoms with Crippen LogP contribution in [-0.2, 0) is 16.1 Å². The molecule has 0 saturated heterocycles. The highest BCUT2D eigenvalue weighted by Crippen LogP contribution is 2.33. The van der Waals surface area contributed by atoms with Gasteiger partial charge < -0.3 is 25.1 Å². The van der Waals surface area contributed by atoms with Gasteiger partial charge in [-0.05, 0) is 43.2 Å². The zero-order chi connectivity index (χ0) is 27.4. The summed E-state index contributed by atoms with van der Waals surface area (Å²) in [6.45, 7) is 3.94. The van der Waals surface area contributed by atoms with Gasteiger partial charge in [0.2, 0.25) is 0 Å². The van der Waals surface area contributed by atoms with E-state index in [1.807, 2.05) is 70.4 Å². The molecule has 2 amide bonds. The molecule has 2 aromatic carbocycles. The fourth-order valence-corrected chi connectivity index (χ4v) is 4.45. The maximum absolute atomic E-state index is 13.6. The van der Waals surface area contributed by atoms with Crippen LogP contribution in [0.3, 0.4) is 0 Å². The molecule has 4 rings (SSSR count). The topological polar surface area (TPSA) is 110 Å². The molecule has 1 aliphatic heterocycles. The zero-order valence-electron chi connectivity index (χ0n) is 22.3. The number of aliphatic imine (C=N–C) groups is 1. The summed E-state index contributed by atoms with van der Waals surface area (Å²) in [7, 11) is 5.30. The number of aryl methyl sites for hydroxylation is 1. The number of carbonyl (C=O) groups is 2. The Bertz CT molecular complexity index is 1390. The van der Waals surface area contributed by atoms with Gasteiger partial charge in [0.15, 0.2) is 0 Å². The smallest absolute Gasteiger partial charge is 0.279 e. The highest BCUT2D eigenvalue weighted by Gasteiger charge is 2.40. The third-order valence-corrected chi connectivity index (χ3v) is 6.35. The molecule has 0 saturated carbocycles. The molecule has 38 heavy (non-hydrogen) atoms. The Kier molecular flexibility index (Phi) is 7.85. The maximum Gasteiger partial charge on any atom is 0.279 e. The van der Waals surface area contributed by atoms with Crippen molar-refractivity contribution in [2.24, 2.45) is 4.99 Å². The number of furan rings is 1. The van der Waals surface area contributed by atoms with E-state index in [9.17, 15) is 14.7 Å². The Labute approximate surface area is 222 Å². The molecule has 1 atom stereocenters. The van der Waals surface area contributed by atoms with Gasteiger partial charge in [0.25, 0.3) is 11.8 Å². The van der Waals surface area contributed by atoms with E-state index < -0.39 is 11.8 Å². The summed E-state index contributed by atoms with van der Waals surface area (Å²) < 4.78 is 5.81. The molecule has 0 aliphatic carbocycles. The van der Waals surface area contributed by atoms with Gasteiger partial charge in [-0.1, -0.05) is 43.3 Å². The Morgan fingerprint density at radius 2 is 1.74 bits per heavy atom. The van der Waals surface area contributed by atoms with Crippen molar-refractivity contribution >= 4 is 23.3 Å². The molecular formula is C29H33N5O4. The molecule has 9 heteroatoms. The number of hydrogen-bond acceptors (Lipinski definition) is 7. The monoisotopic (exact) mass is 515 g/mol. The lowest BCUT2D eigenvalue weighted by Crippen LogP contribution is -2.34. The first-order valence-corrected chi connectivity index (χ1v) is 12.5. The standard InChI is InChI=1S/C29H33N5O4/c1-6-21(23-16-15-18(2)38-23)31-24-25(29(37)34(28(24)36)17-19-11-8-7-9-12-19)32-22-14-10-13-20(26(22)35)27(30-3)33(4)5/h7-16,21,31-32,35H,6,17H2,1-5H3. The number of benzene rings is 2. The fourth-order valence-electron chi connectivity index (χ4n) is 4.45. The average molecular weight is 516 g/mol. The molecule has 0 spiro atoms. The third kappa shape index (κ3) is 5.27. The van der Waals surface area contributed by atoms with E-state index in [1.54, 1.807) is 30.1 Å². The summed E-state index contributed by atoms with van der Waals surface area (Å²) in [6, 6.07) is 17.8. The van der Waals surface area contributed by atoms with Gasteiger partial charge in [-0.3, -0.25) is 19.5 Å². The lowest BCUT2D eigenvalue weighted by molar-refractivity contribution is -0.138. The number of carbonyl (C=O) groups excluding carboxylic acids is 2. The van der Waals surface area contributed by atoms with Crippen molar-refractivity contribution in [3.63, 3.8) is 0 Å². The van der Waals surface area contributed by atoms with E-state index in [-0.39, 0.29) is 35.4 Å². The highest BCUT2D eigenvalue weighted by atomic mass is 16.3. The van der Waals surface area contributed by atoms with Crippen LogP contribution in [0.1, 0.15) is 42.0 Å². The second kappa shape index (κ2) is 11.2. The molecule has 1 aliphatic rings. The molecule has 1 aromatic heterocycles. The van der Waals surface area contributed by atoms with E-state index in [2.05, 4.69) is 15.6 Å². The minimum absolute atomic E-state index is 0.0555. The number of amidine groups is 1. The van der Waals surface area contributed by atoms with Gasteiger partial charge in [0.1, 0.15) is 34.5 Å². The van der Waals surface area contributed by atoms with Gasteiger partial charge in [-0.25, -0.2) is 0 Å². The molecule has 9 nitrogen and oxygen atoms in total. The maximum atomic E-state index is 13.6. The fraction of sp³-hybridized carbons (Fsp3) is 0.276. The Balaban J connectivity index is 1.74. The van der Waals surface area contributed by atoms with Gasteiger partial charge >= 0.3 is 0 Å². The lowest BCUT2D eigenvalue weighted by Gasteiger charge is -2.19. The number of anilines is 1. The number of nitrogens with one attached hydrogen (secondary N) is 2. The summed E-state index contributed by atoms with van der Waals surface area (Å²) in [5.41, 5.74) is 1.77. The van der Waals surface area contributed by atoms with Crippen LogP contribution in [0.5, 0.6) is 5.75 Å². The van der Waals surface area contributed by atoms with Gasteiger partial charge in [-0.2, -0.15) is 0 Å². The normalized spacial score (nSPS) is 14.8. The minimum atomic E-state index is -0.492. The van der Waals surface area contributed by atoms with Crippen LogP contribution in [0.2, 0.25) is 0 Å². The van der Waals surface area contributed by atoms with Crippen LogP contribution in [0, 0.1) is 6.92 Å². The first-order valence-electron chi connectivity index (χ1n) is 12.5. The van der Waals surface area contributed by atoms with Crippen molar-refractivity contribution in [2.75, 3.05) is 26.5 Å². The zero-order valence-corrected chi connectivity index (χ0v) is 22.3. The number of amides is 2. The molecule has 3 aromatic rings. The number of nitrogens with zero attached hydrogens (tertiary/aromatic N) is 3. The van der Waals surface area contributed by atoms with Crippen molar-refractivity contribution in [2.45, 2.75) is 32.9 Å². The second-order valence-corrected chi connectivity index (χ2v) is 9.25. The quantitative estimate of drug-likeness (QED) is 0.170. The number of rotatable bonds is 9. The first-order chi connectivity index (χ1) is 18.2. The molecular weight excluding hydrogens is 482 g/mol. The number of para-hydroxylation sites is 1. The van der Waals surface area contributed by atoms with Crippen molar-refractivity contribution in [1.82, 2.24) is 15.1 Å². The molecule has 2 heterocycles. The summed E-state index contributed by atoms with van der Waals surface area (Å²) in [4.78, 5) is 34.5. The SMILES string of the molecule is CCC(NC1=C(Nc2cccc(C(=NC)N(C)C)c2O)C(=O)N(Cc2ccccc2)C1=O)c1ccc(C)o1. The van der Waals surface area contributed by atoms with Crippen LogP contribution < -0.4 is 10.6 Å². The number of phenols is 1. The van der Waals surface area contributed by atoms with Crippen molar-refractivity contribution in [3.8, 4) is 5.75 Å². The van der Waals surface area contributed by atoms with Crippen LogP contribution in [0.25, 0.3) is 0 Å². The molecule has 1 unspecified atom stereocenters. The highest BCUT2D eigenvalue weighted by molar-refractivity contribution is 6.20. The summed E-state index contributed by atoms with van der Waals surface area (Å²) >= 11 is 0. The van der Waals surface area contributed by atoms with Crippen LogP contribution >= 0.6 is 0 Å². The Morgan fingerprint density at radius 3 is 2.34 bits per heavy atom. The molecule has 0 radical (unpaired) electrons. The largest absolute Gasteiger partial charge is 0.505 e. The second-order valence-electron chi connectivity index (χ2n) is 9.25. The lowest BCUT2D eigenvalue weighted by atomic mass is 10.1. The summed E-state index contributed by atoms with van der Waals surface area (Å²) in [6.07, 6.45) is 0.615. The van der Waals surface area contributed by atoms with Crippen molar-refractivity contribution in [3.05, 3.63) is 94.7 Å². The molecule has 0 bridgehead atoms. The molecule has 3 N–H and O–H groups in total. The summed E-state index contributed by atoms with van der Waals surface area (Å²) in [5.74, 6) is 0.958. The number of imide groups is 1. The number of phenolic OH excluding ortho intramolecular Hbond substituents is 1. The van der Waals surface area contributed by atoms with E-state index in [0.29, 0.717) is 23.6 Å². The van der Waals surface area contributed by atoms with Gasteiger partial charge in [0, 0.05) is 21.1 Å². The Hall–Kier alpha value is -4.53. The van der Waals surface area contributed by atoms with Crippen molar-refractivity contribution < 1.29 is 19.1 Å². The van der Waals surface area contributed by atoms with E-state index in [0.717, 1.165) is 11.3 Å². The summed E-state index contributed by atoms with van der Waals surface area (Å²) in [5, 5.41) is 17.4. The van der Waals surface area contributed by atoms with E-state index >= 15 is 0 Å². The van der Waals surface area contributed by atoms with Crippen LogP contribution in [0.15, 0.2) is 81.5 Å².